The number of fused-ring (bicyclic) bond motifs is 2. The van der Waals surface area contributed by atoms with Gasteiger partial charge in [0.1, 0.15) is 24.2 Å². The molecule has 5 aromatic rings. The van der Waals surface area contributed by atoms with Crippen LogP contribution in [0.2, 0.25) is 0 Å². The molecule has 0 fully saturated rings. The summed E-state index contributed by atoms with van der Waals surface area (Å²) in [6, 6.07) is 7.74. The van der Waals surface area contributed by atoms with E-state index in [0.29, 0.717) is 16.8 Å². The molecule has 5 atom stereocenters. The Morgan fingerprint density at radius 1 is 0.661 bits per heavy atom. The van der Waals surface area contributed by atoms with Gasteiger partial charge in [-0.25, -0.2) is 9.78 Å². The van der Waals surface area contributed by atoms with Crippen molar-refractivity contribution in [2.75, 3.05) is 25.4 Å². The first-order valence-corrected chi connectivity index (χ1v) is 19.0. The number of thiol groups is 1. The lowest BCUT2D eigenvalue weighted by Gasteiger charge is -2.25. The number of hydrogen-bond acceptors (Lipinski definition) is 11. The normalized spacial score (nSPS) is 13.7. The number of nitrogens with one attached hydrogen (secondary N) is 9. The number of H-pyrrole nitrogens is 3. The number of aliphatic hydroxyl groups excluding tert-OH is 1. The highest BCUT2D eigenvalue weighted by Gasteiger charge is 2.32. The summed E-state index contributed by atoms with van der Waals surface area (Å²) in [7, 11) is 0. The summed E-state index contributed by atoms with van der Waals surface area (Å²) >= 11 is 3.93. The minimum atomic E-state index is -1.64. The molecule has 0 saturated carbocycles. The minimum absolute atomic E-state index is 0.0515. The number of para-hydroxylation sites is 2. The predicted molar refractivity (Wildman–Crippen MR) is 217 cm³/mol. The van der Waals surface area contributed by atoms with Crippen molar-refractivity contribution in [1.82, 2.24) is 51.8 Å². The number of carbonyl (C=O) groups is 7. The number of nitrogens with zero attached hydrogens (tertiary/aromatic N) is 1. The Labute approximate surface area is 341 Å². The molecule has 0 unspecified atom stereocenters. The van der Waals surface area contributed by atoms with Crippen LogP contribution in [0.25, 0.3) is 21.8 Å². The van der Waals surface area contributed by atoms with Crippen LogP contribution >= 0.6 is 12.6 Å². The van der Waals surface area contributed by atoms with E-state index in [2.05, 4.69) is 64.5 Å². The molecule has 3 heterocycles. The number of carboxylic acid groups (broad SMARTS) is 1. The number of rotatable bonds is 21. The van der Waals surface area contributed by atoms with Gasteiger partial charge in [0.25, 0.3) is 0 Å². The van der Waals surface area contributed by atoms with Gasteiger partial charge in [-0.15, -0.1) is 0 Å². The number of carboxylic acids is 1. The molecule has 5 rings (SSSR count). The molecular weight excluding hydrogens is 787 g/mol. The van der Waals surface area contributed by atoms with Gasteiger partial charge in [-0.05, 0) is 23.3 Å². The van der Waals surface area contributed by atoms with Crippen molar-refractivity contribution in [2.24, 2.45) is 5.73 Å². The van der Waals surface area contributed by atoms with Crippen molar-refractivity contribution in [3.05, 3.63) is 90.3 Å². The van der Waals surface area contributed by atoms with Crippen molar-refractivity contribution in [3.63, 3.8) is 0 Å². The number of amides is 6. The molecule has 312 valence electrons. The highest BCUT2D eigenvalue weighted by Crippen LogP contribution is 2.20. The van der Waals surface area contributed by atoms with E-state index < -0.39 is 91.3 Å². The van der Waals surface area contributed by atoms with Crippen LogP contribution in [0.3, 0.4) is 0 Å². The average molecular weight is 832 g/mol. The molecule has 0 bridgehead atoms. The number of nitrogens with two attached hydrogens (primary N) is 1. The Kier molecular flexibility index (Phi) is 15.2. The van der Waals surface area contributed by atoms with Gasteiger partial charge in [-0.1, -0.05) is 36.4 Å². The van der Waals surface area contributed by atoms with E-state index in [0.717, 1.165) is 21.8 Å². The van der Waals surface area contributed by atoms with Crippen LogP contribution in [0.1, 0.15) is 16.8 Å². The van der Waals surface area contributed by atoms with Crippen LogP contribution in [0, 0.1) is 0 Å². The molecule has 0 saturated heterocycles. The van der Waals surface area contributed by atoms with E-state index in [4.69, 9.17) is 5.73 Å². The fourth-order valence-electron chi connectivity index (χ4n) is 6.15. The highest BCUT2D eigenvalue weighted by molar-refractivity contribution is 7.80. The van der Waals surface area contributed by atoms with E-state index in [1.165, 1.54) is 12.5 Å². The van der Waals surface area contributed by atoms with Gasteiger partial charge in [0.15, 0.2) is 0 Å². The first-order chi connectivity index (χ1) is 28.4. The van der Waals surface area contributed by atoms with Gasteiger partial charge in [-0.3, -0.25) is 28.8 Å². The third-order valence-corrected chi connectivity index (χ3v) is 9.69. The topological polar surface area (TPSA) is 318 Å². The monoisotopic (exact) mass is 831 g/mol. The summed E-state index contributed by atoms with van der Waals surface area (Å²) in [5.74, 6) is -6.13. The molecule has 0 radical (unpaired) electrons. The van der Waals surface area contributed by atoms with Gasteiger partial charge < -0.3 is 62.8 Å². The van der Waals surface area contributed by atoms with Gasteiger partial charge in [0, 0.05) is 71.1 Å². The van der Waals surface area contributed by atoms with Gasteiger partial charge in [0.2, 0.25) is 35.4 Å². The lowest BCUT2D eigenvalue weighted by Crippen LogP contribution is -2.59. The zero-order chi connectivity index (χ0) is 42.5. The fraction of sp³-hybridized carbons (Fsp3) is 0.316. The number of aliphatic carboxylic acids is 1. The van der Waals surface area contributed by atoms with Gasteiger partial charge in [-0.2, -0.15) is 12.6 Å². The van der Waals surface area contributed by atoms with E-state index in [1.54, 1.807) is 30.6 Å². The molecule has 0 aliphatic rings. The predicted octanol–water partition coefficient (Wildman–Crippen LogP) is -2.09. The van der Waals surface area contributed by atoms with Crippen LogP contribution in [-0.2, 0) is 52.8 Å². The molecule has 3 aromatic heterocycles. The number of imidazole rings is 1. The average Bonchev–Trinajstić information content (AvgIpc) is 4.00. The molecule has 0 aliphatic heterocycles. The minimum Gasteiger partial charge on any atom is -0.480 e. The molecule has 0 spiro atoms. The number of carbonyl (C=O) groups excluding carboxylic acids is 6. The molecule has 20 nitrogen and oxygen atoms in total. The molecule has 13 N–H and O–H groups in total. The van der Waals surface area contributed by atoms with Gasteiger partial charge >= 0.3 is 5.97 Å². The number of aliphatic hydroxyl groups is 1. The summed E-state index contributed by atoms with van der Waals surface area (Å²) in [5, 5.41) is 36.5. The van der Waals surface area contributed by atoms with Crippen molar-refractivity contribution < 1.29 is 43.8 Å². The molecular formula is C38H45N11O9S. The van der Waals surface area contributed by atoms with E-state index in [9.17, 15) is 43.8 Å². The maximum atomic E-state index is 13.8. The molecule has 6 amide bonds. The van der Waals surface area contributed by atoms with E-state index >= 15 is 0 Å². The van der Waals surface area contributed by atoms with Crippen LogP contribution < -0.4 is 37.6 Å². The van der Waals surface area contributed by atoms with Crippen LogP contribution in [0.5, 0.6) is 0 Å². The number of aromatic nitrogens is 4. The Hall–Kier alpha value is -6.71. The zero-order valence-electron chi connectivity index (χ0n) is 31.5. The number of hydrogen-bond donors (Lipinski definition) is 13. The van der Waals surface area contributed by atoms with E-state index in [1.807, 2.05) is 30.3 Å². The second-order valence-corrected chi connectivity index (χ2v) is 13.9. The number of aromatic amines is 3. The third kappa shape index (κ3) is 11.9. The maximum absolute atomic E-state index is 13.8. The first-order valence-electron chi connectivity index (χ1n) is 18.4. The fourth-order valence-corrected chi connectivity index (χ4v) is 6.32. The highest BCUT2D eigenvalue weighted by atomic mass is 32.1. The van der Waals surface area contributed by atoms with Crippen LogP contribution in [0.4, 0.5) is 0 Å². The van der Waals surface area contributed by atoms with Crippen molar-refractivity contribution in [1.29, 1.82) is 0 Å². The first kappa shape index (κ1) is 43.4. The Bertz CT molecular complexity index is 2280. The summed E-state index contributed by atoms with van der Waals surface area (Å²) < 4.78 is 0. The molecule has 59 heavy (non-hydrogen) atoms. The molecule has 21 heteroatoms. The smallest absolute Gasteiger partial charge is 0.326 e. The summed E-state index contributed by atoms with van der Waals surface area (Å²) in [6.07, 6.45) is 5.72. The Morgan fingerprint density at radius 2 is 1.19 bits per heavy atom. The van der Waals surface area contributed by atoms with E-state index in [-0.39, 0.29) is 25.0 Å². The lowest BCUT2D eigenvalue weighted by atomic mass is 10.0. The van der Waals surface area contributed by atoms with Crippen LogP contribution in [0.15, 0.2) is 73.4 Å². The SMILES string of the molecule is N[C@@H](CS)C(=O)NCC(=O)NCC(=O)N[C@@H](Cc1c[nH]c2ccccc12)C(=O)N[C@@H](CO)C(=O)N[C@@H](Cc1cnc[nH]1)C(=O)N[C@@H](Cc1c[nH]c2ccccc12)C(=O)O. The van der Waals surface area contributed by atoms with Crippen molar-refractivity contribution in [3.8, 4) is 0 Å². The third-order valence-electron chi connectivity index (χ3n) is 9.29. The Balaban J connectivity index is 1.28. The second kappa shape index (κ2) is 20.6. The summed E-state index contributed by atoms with van der Waals surface area (Å²) in [4.78, 5) is 104. The maximum Gasteiger partial charge on any atom is 0.326 e. The largest absolute Gasteiger partial charge is 0.480 e. The summed E-state index contributed by atoms with van der Waals surface area (Å²) in [6.45, 7) is -1.99. The molecule has 2 aromatic carbocycles. The zero-order valence-corrected chi connectivity index (χ0v) is 32.4. The van der Waals surface area contributed by atoms with Crippen LogP contribution in [-0.4, -0.2) is 127 Å². The second-order valence-electron chi connectivity index (χ2n) is 13.5. The van der Waals surface area contributed by atoms with Crippen molar-refractivity contribution in [2.45, 2.75) is 49.5 Å². The van der Waals surface area contributed by atoms with Crippen molar-refractivity contribution >= 4 is 75.8 Å². The lowest BCUT2D eigenvalue weighted by molar-refractivity contribution is -0.142. The van der Waals surface area contributed by atoms with Gasteiger partial charge in [0.05, 0.1) is 32.1 Å². The summed E-state index contributed by atoms with van der Waals surface area (Å²) in [5.41, 5.74) is 8.78. The standard InChI is InChI=1S/C38H45N11O9S/c39-25(18-59)34(53)44-15-32(51)43-16-33(52)46-28(9-20-12-41-26-7-3-1-5-23(20)26)35(54)49-31(17-50)37(56)47-29(11-22-14-40-19-45-22)36(55)48-30(38(57)58)10-21-13-42-27-8-4-2-6-24(21)27/h1-8,12-14,19,25,28-31,41-42,50,59H,9-11,15-18,39H2,(H,40,45)(H,43,51)(H,44,53)(H,46,52)(H,47,56)(H,48,55)(H,49,54)(H,57,58)/t25-,28-,29-,30-,31-/m0/s1. The number of benzene rings is 2. The Morgan fingerprint density at radius 3 is 1.75 bits per heavy atom. The quantitative estimate of drug-likeness (QED) is 0.0356. The molecule has 0 aliphatic carbocycles.